The third-order valence-corrected chi connectivity index (χ3v) is 2.88. The molecule has 1 saturated heterocycles. The Hall–Kier alpha value is -1.65. The minimum Gasteiger partial charge on any atom is -0.453 e. The molecule has 2 heterocycles. The van der Waals surface area contributed by atoms with Crippen LogP contribution in [0.25, 0.3) is 0 Å². The van der Waals surface area contributed by atoms with E-state index in [1.54, 1.807) is 17.3 Å². The standard InChI is InChI=1S/C11H15N3O2/c1-16-11(15)14-7-3-9(4-8-14)10-12-5-2-6-13-10/h2,5-6,9H,3-4,7-8H2,1H3. The first kappa shape index (κ1) is 10.9. The summed E-state index contributed by atoms with van der Waals surface area (Å²) in [4.78, 5) is 21.5. The highest BCUT2D eigenvalue weighted by atomic mass is 16.5. The molecule has 86 valence electrons. The van der Waals surface area contributed by atoms with Crippen LogP contribution in [-0.2, 0) is 4.74 Å². The fraction of sp³-hybridized carbons (Fsp3) is 0.545. The first-order valence-electron chi connectivity index (χ1n) is 5.41. The number of piperidine rings is 1. The monoisotopic (exact) mass is 221 g/mol. The van der Waals surface area contributed by atoms with Gasteiger partial charge in [0.25, 0.3) is 0 Å². The predicted octanol–water partition coefficient (Wildman–Crippen LogP) is 1.42. The van der Waals surface area contributed by atoms with E-state index in [4.69, 9.17) is 0 Å². The van der Waals surface area contributed by atoms with E-state index in [0.29, 0.717) is 5.92 Å². The molecule has 1 aromatic rings. The van der Waals surface area contributed by atoms with E-state index >= 15 is 0 Å². The maximum atomic E-state index is 11.3. The molecule has 5 nitrogen and oxygen atoms in total. The third kappa shape index (κ3) is 2.29. The number of hydrogen-bond acceptors (Lipinski definition) is 4. The van der Waals surface area contributed by atoms with Gasteiger partial charge >= 0.3 is 6.09 Å². The molecule has 0 unspecified atom stereocenters. The SMILES string of the molecule is COC(=O)N1CCC(c2ncccn2)CC1. The summed E-state index contributed by atoms with van der Waals surface area (Å²) in [5, 5.41) is 0. The van der Waals surface area contributed by atoms with Gasteiger partial charge in [-0.3, -0.25) is 0 Å². The fourth-order valence-electron chi connectivity index (χ4n) is 1.97. The highest BCUT2D eigenvalue weighted by Crippen LogP contribution is 2.25. The van der Waals surface area contributed by atoms with Gasteiger partial charge in [0.05, 0.1) is 7.11 Å². The van der Waals surface area contributed by atoms with Crippen LogP contribution in [-0.4, -0.2) is 41.2 Å². The van der Waals surface area contributed by atoms with E-state index in [1.165, 1.54) is 7.11 Å². The maximum Gasteiger partial charge on any atom is 0.409 e. The Bertz CT molecular complexity index is 348. The van der Waals surface area contributed by atoms with E-state index in [0.717, 1.165) is 31.8 Å². The van der Waals surface area contributed by atoms with Gasteiger partial charge in [-0.1, -0.05) is 0 Å². The minimum absolute atomic E-state index is 0.243. The second kappa shape index (κ2) is 4.92. The number of likely N-dealkylation sites (tertiary alicyclic amines) is 1. The molecule has 0 saturated carbocycles. The largest absolute Gasteiger partial charge is 0.453 e. The molecular weight excluding hydrogens is 206 g/mol. The summed E-state index contributed by atoms with van der Waals surface area (Å²) in [5.41, 5.74) is 0. The van der Waals surface area contributed by atoms with Crippen LogP contribution in [0.5, 0.6) is 0 Å². The Morgan fingerprint density at radius 1 is 1.38 bits per heavy atom. The van der Waals surface area contributed by atoms with Crippen molar-refractivity contribution in [1.29, 1.82) is 0 Å². The van der Waals surface area contributed by atoms with Gasteiger partial charge < -0.3 is 9.64 Å². The second-order valence-electron chi connectivity index (χ2n) is 3.84. The molecule has 1 amide bonds. The number of rotatable bonds is 1. The lowest BCUT2D eigenvalue weighted by molar-refractivity contribution is 0.111. The third-order valence-electron chi connectivity index (χ3n) is 2.88. The summed E-state index contributed by atoms with van der Waals surface area (Å²) >= 11 is 0. The van der Waals surface area contributed by atoms with Crippen LogP contribution in [0, 0.1) is 0 Å². The maximum absolute atomic E-state index is 11.3. The topological polar surface area (TPSA) is 55.3 Å². The zero-order valence-electron chi connectivity index (χ0n) is 9.30. The van der Waals surface area contributed by atoms with E-state index in [-0.39, 0.29) is 6.09 Å². The van der Waals surface area contributed by atoms with Crippen molar-refractivity contribution in [3.63, 3.8) is 0 Å². The van der Waals surface area contributed by atoms with Gasteiger partial charge in [-0.25, -0.2) is 14.8 Å². The molecule has 0 radical (unpaired) electrons. The second-order valence-corrected chi connectivity index (χ2v) is 3.84. The number of carbonyl (C=O) groups excluding carboxylic acids is 1. The number of nitrogens with zero attached hydrogens (tertiary/aromatic N) is 3. The van der Waals surface area contributed by atoms with Crippen LogP contribution < -0.4 is 0 Å². The highest BCUT2D eigenvalue weighted by Gasteiger charge is 2.25. The van der Waals surface area contributed by atoms with Gasteiger partial charge in [-0.05, 0) is 18.9 Å². The van der Waals surface area contributed by atoms with Crippen LogP contribution in [0.4, 0.5) is 4.79 Å². The lowest BCUT2D eigenvalue weighted by Gasteiger charge is -2.29. The minimum atomic E-state index is -0.243. The lowest BCUT2D eigenvalue weighted by Crippen LogP contribution is -2.38. The molecular formula is C11H15N3O2. The van der Waals surface area contributed by atoms with Crippen molar-refractivity contribution in [3.05, 3.63) is 24.3 Å². The molecule has 1 aliphatic rings. The van der Waals surface area contributed by atoms with Crippen molar-refractivity contribution in [2.45, 2.75) is 18.8 Å². The summed E-state index contributed by atoms with van der Waals surface area (Å²) in [6, 6.07) is 1.81. The van der Waals surface area contributed by atoms with Gasteiger partial charge in [0, 0.05) is 31.4 Å². The summed E-state index contributed by atoms with van der Waals surface area (Å²) in [5.74, 6) is 1.24. The number of ether oxygens (including phenoxy) is 1. The Balaban J connectivity index is 1.93. The number of aromatic nitrogens is 2. The average molecular weight is 221 g/mol. The molecule has 16 heavy (non-hydrogen) atoms. The summed E-state index contributed by atoms with van der Waals surface area (Å²) in [6.07, 6.45) is 5.08. The van der Waals surface area contributed by atoms with Crippen molar-refractivity contribution in [3.8, 4) is 0 Å². The van der Waals surface area contributed by atoms with Crippen molar-refractivity contribution >= 4 is 6.09 Å². The first-order chi connectivity index (χ1) is 7.81. The molecule has 5 heteroatoms. The summed E-state index contributed by atoms with van der Waals surface area (Å²) in [7, 11) is 1.41. The first-order valence-corrected chi connectivity index (χ1v) is 5.41. The van der Waals surface area contributed by atoms with Gasteiger partial charge in [-0.15, -0.1) is 0 Å². The van der Waals surface area contributed by atoms with E-state index < -0.39 is 0 Å². The van der Waals surface area contributed by atoms with Crippen molar-refractivity contribution < 1.29 is 9.53 Å². The smallest absolute Gasteiger partial charge is 0.409 e. The van der Waals surface area contributed by atoms with Crippen LogP contribution in [0.1, 0.15) is 24.6 Å². The molecule has 1 fully saturated rings. The van der Waals surface area contributed by atoms with Gasteiger partial charge in [-0.2, -0.15) is 0 Å². The number of hydrogen-bond donors (Lipinski definition) is 0. The summed E-state index contributed by atoms with van der Waals surface area (Å²) < 4.78 is 4.69. The van der Waals surface area contributed by atoms with Crippen LogP contribution in [0.3, 0.4) is 0 Å². The molecule has 0 N–H and O–H groups in total. The predicted molar refractivity (Wildman–Crippen MR) is 58.0 cm³/mol. The molecule has 0 spiro atoms. The molecule has 1 aliphatic heterocycles. The highest BCUT2D eigenvalue weighted by molar-refractivity contribution is 5.67. The Kier molecular flexibility index (Phi) is 3.34. The normalized spacial score (nSPS) is 17.2. The lowest BCUT2D eigenvalue weighted by atomic mass is 9.96. The van der Waals surface area contributed by atoms with Crippen molar-refractivity contribution in [2.75, 3.05) is 20.2 Å². The van der Waals surface area contributed by atoms with Crippen molar-refractivity contribution in [2.24, 2.45) is 0 Å². The van der Waals surface area contributed by atoms with Gasteiger partial charge in [0.15, 0.2) is 0 Å². The Labute approximate surface area is 94.5 Å². The zero-order chi connectivity index (χ0) is 11.4. The molecule has 0 aliphatic carbocycles. The zero-order valence-corrected chi connectivity index (χ0v) is 9.30. The summed E-state index contributed by atoms with van der Waals surface area (Å²) in [6.45, 7) is 1.44. The quantitative estimate of drug-likeness (QED) is 0.719. The van der Waals surface area contributed by atoms with E-state index in [2.05, 4.69) is 14.7 Å². The van der Waals surface area contributed by atoms with Gasteiger partial charge in [0.2, 0.25) is 0 Å². The van der Waals surface area contributed by atoms with E-state index in [9.17, 15) is 4.79 Å². The fourth-order valence-corrected chi connectivity index (χ4v) is 1.97. The average Bonchev–Trinajstić information content (AvgIpc) is 2.39. The van der Waals surface area contributed by atoms with E-state index in [1.807, 2.05) is 6.07 Å². The number of amides is 1. The van der Waals surface area contributed by atoms with Gasteiger partial charge in [0.1, 0.15) is 5.82 Å². The van der Waals surface area contributed by atoms with Crippen LogP contribution in [0.2, 0.25) is 0 Å². The number of methoxy groups -OCH3 is 1. The Morgan fingerprint density at radius 3 is 2.56 bits per heavy atom. The molecule has 2 rings (SSSR count). The molecule has 1 aromatic heterocycles. The van der Waals surface area contributed by atoms with Crippen LogP contribution in [0.15, 0.2) is 18.5 Å². The molecule has 0 atom stereocenters. The van der Waals surface area contributed by atoms with Crippen molar-refractivity contribution in [1.82, 2.24) is 14.9 Å². The molecule has 0 bridgehead atoms. The van der Waals surface area contributed by atoms with Crippen LogP contribution >= 0.6 is 0 Å². The number of carbonyl (C=O) groups is 1. The Morgan fingerprint density at radius 2 is 2.00 bits per heavy atom. The molecule has 0 aromatic carbocycles.